The number of morpholine rings is 1. The molecule has 1 N–H and O–H groups in total. The summed E-state index contributed by atoms with van der Waals surface area (Å²) < 4.78 is 6.08. The number of hydrogen-bond acceptors (Lipinski definition) is 3. The molecule has 6 heteroatoms. The predicted octanol–water partition coefficient (Wildman–Crippen LogP) is 1.86. The molecule has 0 aromatic heterocycles. The molecule has 0 aliphatic carbocycles. The average molecular weight is 342 g/mol. The Morgan fingerprint density at radius 2 is 2.05 bits per heavy atom. The number of benzene rings is 1. The molecule has 108 valence electrons. The fourth-order valence-electron chi connectivity index (χ4n) is 2.21. The van der Waals surface area contributed by atoms with E-state index in [2.05, 4.69) is 15.9 Å². The van der Waals surface area contributed by atoms with Gasteiger partial charge in [0.05, 0.1) is 19.1 Å². The van der Waals surface area contributed by atoms with Gasteiger partial charge >= 0.3 is 5.97 Å². The molecule has 0 saturated carbocycles. The molecule has 1 aliphatic heterocycles. The minimum atomic E-state index is -1.03. The van der Waals surface area contributed by atoms with Crippen LogP contribution in [-0.4, -0.2) is 47.7 Å². The van der Waals surface area contributed by atoms with Crippen molar-refractivity contribution in [3.63, 3.8) is 0 Å². The number of hydrogen-bond donors (Lipinski definition) is 1. The Bertz CT molecular complexity index is 502. The van der Waals surface area contributed by atoms with Gasteiger partial charge in [0.1, 0.15) is 0 Å². The second kappa shape index (κ2) is 6.37. The number of carboxylic acid groups (broad SMARTS) is 1. The number of carbonyl (C=O) groups excluding carboxylic acids is 1. The first kappa shape index (κ1) is 15.0. The van der Waals surface area contributed by atoms with Crippen LogP contribution in [0.2, 0.25) is 0 Å². The number of halogens is 1. The highest BCUT2D eigenvalue weighted by Gasteiger charge is 2.35. The van der Waals surface area contributed by atoms with Crippen molar-refractivity contribution >= 4 is 27.8 Å². The third kappa shape index (κ3) is 3.19. The lowest BCUT2D eigenvalue weighted by Crippen LogP contribution is -2.53. The van der Waals surface area contributed by atoms with Crippen LogP contribution in [0.25, 0.3) is 0 Å². The van der Waals surface area contributed by atoms with Crippen molar-refractivity contribution in [1.82, 2.24) is 4.90 Å². The van der Waals surface area contributed by atoms with Gasteiger partial charge in [-0.25, -0.2) is 4.79 Å². The Morgan fingerprint density at radius 1 is 1.40 bits per heavy atom. The Labute approximate surface area is 125 Å². The molecule has 1 aliphatic rings. The van der Waals surface area contributed by atoms with Crippen LogP contribution in [0.4, 0.5) is 0 Å². The van der Waals surface area contributed by atoms with Crippen LogP contribution in [0.1, 0.15) is 18.4 Å². The van der Waals surface area contributed by atoms with Gasteiger partial charge < -0.3 is 14.7 Å². The lowest BCUT2D eigenvalue weighted by atomic mass is 9.99. The molecule has 0 radical (unpaired) electrons. The first-order valence-corrected chi connectivity index (χ1v) is 7.16. The van der Waals surface area contributed by atoms with Crippen LogP contribution in [0.15, 0.2) is 28.7 Å². The van der Waals surface area contributed by atoms with E-state index in [0.29, 0.717) is 13.2 Å². The highest BCUT2D eigenvalue weighted by atomic mass is 79.9. The zero-order valence-corrected chi connectivity index (χ0v) is 12.7. The Balaban J connectivity index is 2.16. The largest absolute Gasteiger partial charge is 0.480 e. The number of nitrogens with zero attached hydrogens (tertiary/aromatic N) is 1. The molecule has 0 spiro atoms. The van der Waals surface area contributed by atoms with E-state index in [-0.39, 0.29) is 18.4 Å². The van der Waals surface area contributed by atoms with Gasteiger partial charge in [-0.1, -0.05) is 28.1 Å². The number of ether oxygens (including phenoxy) is 1. The van der Waals surface area contributed by atoms with E-state index in [4.69, 9.17) is 9.84 Å². The molecule has 2 atom stereocenters. The molecular formula is C14H16BrNO4. The van der Waals surface area contributed by atoms with Gasteiger partial charge in [-0.2, -0.15) is 0 Å². The summed E-state index contributed by atoms with van der Waals surface area (Å²) in [4.78, 5) is 25.1. The molecule has 2 unspecified atom stereocenters. The lowest BCUT2D eigenvalue weighted by Gasteiger charge is -2.34. The monoisotopic (exact) mass is 341 g/mol. The van der Waals surface area contributed by atoms with E-state index in [1.54, 1.807) is 6.92 Å². The Hall–Kier alpha value is -1.40. The predicted molar refractivity (Wildman–Crippen MR) is 76.5 cm³/mol. The number of carboxylic acids is 1. The van der Waals surface area contributed by atoms with Crippen molar-refractivity contribution in [3.8, 4) is 0 Å². The standard InChI is InChI=1S/C14H16BrNO4/c1-9(10-2-4-11(15)5-3-10)13(17)16-6-7-20-8-12(16)14(18)19/h2-5,9,12H,6-8H2,1H3,(H,18,19). The summed E-state index contributed by atoms with van der Waals surface area (Å²) in [5.41, 5.74) is 0.869. The summed E-state index contributed by atoms with van der Waals surface area (Å²) in [6.45, 7) is 2.54. The van der Waals surface area contributed by atoms with Crippen LogP contribution >= 0.6 is 15.9 Å². The van der Waals surface area contributed by atoms with Gasteiger partial charge in [0.2, 0.25) is 5.91 Å². The molecule has 1 aromatic carbocycles. The quantitative estimate of drug-likeness (QED) is 0.911. The smallest absolute Gasteiger partial charge is 0.328 e. The summed E-state index contributed by atoms with van der Waals surface area (Å²) in [6, 6.07) is 6.57. The molecule has 2 rings (SSSR count). The zero-order chi connectivity index (χ0) is 14.7. The number of amides is 1. The lowest BCUT2D eigenvalue weighted by molar-refractivity contribution is -0.158. The molecule has 20 heavy (non-hydrogen) atoms. The maximum Gasteiger partial charge on any atom is 0.328 e. The molecule has 5 nitrogen and oxygen atoms in total. The summed E-state index contributed by atoms with van der Waals surface area (Å²) >= 11 is 3.35. The third-order valence-electron chi connectivity index (χ3n) is 3.44. The van der Waals surface area contributed by atoms with Crippen molar-refractivity contribution in [3.05, 3.63) is 34.3 Å². The van der Waals surface area contributed by atoms with E-state index in [1.165, 1.54) is 4.90 Å². The topological polar surface area (TPSA) is 66.8 Å². The highest BCUT2D eigenvalue weighted by Crippen LogP contribution is 2.22. The molecule has 1 heterocycles. The van der Waals surface area contributed by atoms with E-state index >= 15 is 0 Å². The number of aliphatic carboxylic acids is 1. The average Bonchev–Trinajstić information content (AvgIpc) is 2.46. The zero-order valence-electron chi connectivity index (χ0n) is 11.1. The maximum atomic E-state index is 12.5. The fourth-order valence-corrected chi connectivity index (χ4v) is 2.48. The van der Waals surface area contributed by atoms with Gasteiger partial charge in [-0.15, -0.1) is 0 Å². The molecular weight excluding hydrogens is 326 g/mol. The van der Waals surface area contributed by atoms with Crippen molar-refractivity contribution in [2.45, 2.75) is 18.9 Å². The third-order valence-corrected chi connectivity index (χ3v) is 3.97. The van der Waals surface area contributed by atoms with Gasteiger partial charge in [0.25, 0.3) is 0 Å². The first-order chi connectivity index (χ1) is 9.50. The van der Waals surface area contributed by atoms with E-state index in [0.717, 1.165) is 10.0 Å². The highest BCUT2D eigenvalue weighted by molar-refractivity contribution is 9.10. The molecule has 1 aromatic rings. The van der Waals surface area contributed by atoms with Crippen molar-refractivity contribution in [2.75, 3.05) is 19.8 Å². The molecule has 1 saturated heterocycles. The van der Waals surface area contributed by atoms with Gasteiger partial charge in [0, 0.05) is 11.0 Å². The molecule has 1 fully saturated rings. The first-order valence-electron chi connectivity index (χ1n) is 6.37. The van der Waals surface area contributed by atoms with Crippen molar-refractivity contribution in [2.24, 2.45) is 0 Å². The fraction of sp³-hybridized carbons (Fsp3) is 0.429. The summed E-state index contributed by atoms with van der Waals surface area (Å²) in [5, 5.41) is 9.17. The number of rotatable bonds is 3. The minimum absolute atomic E-state index is 0.0497. The molecule has 0 bridgehead atoms. The van der Waals surface area contributed by atoms with E-state index < -0.39 is 12.0 Å². The summed E-state index contributed by atoms with van der Waals surface area (Å²) in [6.07, 6.45) is 0. The van der Waals surface area contributed by atoms with E-state index in [1.807, 2.05) is 24.3 Å². The molecule has 1 amide bonds. The second-order valence-electron chi connectivity index (χ2n) is 4.73. The maximum absolute atomic E-state index is 12.5. The van der Waals surface area contributed by atoms with Crippen molar-refractivity contribution < 1.29 is 19.4 Å². The summed E-state index contributed by atoms with van der Waals surface area (Å²) in [7, 11) is 0. The van der Waals surface area contributed by atoms with Gasteiger partial charge in [-0.3, -0.25) is 4.79 Å². The SMILES string of the molecule is CC(C(=O)N1CCOCC1C(=O)O)c1ccc(Br)cc1. The number of carbonyl (C=O) groups is 2. The van der Waals surface area contributed by atoms with Crippen LogP contribution in [0, 0.1) is 0 Å². The Morgan fingerprint density at radius 3 is 2.65 bits per heavy atom. The van der Waals surface area contributed by atoms with Gasteiger partial charge in [-0.05, 0) is 24.6 Å². The van der Waals surface area contributed by atoms with Crippen LogP contribution in [-0.2, 0) is 14.3 Å². The minimum Gasteiger partial charge on any atom is -0.480 e. The second-order valence-corrected chi connectivity index (χ2v) is 5.65. The Kier molecular flexibility index (Phi) is 4.77. The summed E-state index contributed by atoms with van der Waals surface area (Å²) in [5.74, 6) is -1.58. The van der Waals surface area contributed by atoms with Crippen LogP contribution in [0.3, 0.4) is 0 Å². The van der Waals surface area contributed by atoms with Crippen LogP contribution < -0.4 is 0 Å². The van der Waals surface area contributed by atoms with Crippen molar-refractivity contribution in [1.29, 1.82) is 0 Å². The normalized spacial score (nSPS) is 20.5. The van der Waals surface area contributed by atoms with Crippen LogP contribution in [0.5, 0.6) is 0 Å². The van der Waals surface area contributed by atoms with Gasteiger partial charge in [0.15, 0.2) is 6.04 Å². The van der Waals surface area contributed by atoms with E-state index in [9.17, 15) is 9.59 Å².